The molecule has 2 aromatic carbocycles. The maximum atomic E-state index is 13.6. The van der Waals surface area contributed by atoms with E-state index >= 15 is 0 Å². The number of hydrogen-bond acceptors (Lipinski definition) is 4. The van der Waals surface area contributed by atoms with E-state index in [4.69, 9.17) is 23.2 Å². The first-order valence-electron chi connectivity index (χ1n) is 7.60. The number of anilines is 2. The number of aromatic nitrogens is 2. The highest BCUT2D eigenvalue weighted by Gasteiger charge is 2.12. The Morgan fingerprint density at radius 1 is 1.08 bits per heavy atom. The van der Waals surface area contributed by atoms with E-state index in [1.54, 1.807) is 36.4 Å². The molecule has 0 unspecified atom stereocenters. The first-order chi connectivity index (χ1) is 12.5. The predicted octanol–water partition coefficient (Wildman–Crippen LogP) is 4.79. The zero-order valence-electron chi connectivity index (χ0n) is 13.3. The van der Waals surface area contributed by atoms with Crippen molar-refractivity contribution in [2.45, 2.75) is 6.54 Å². The highest BCUT2D eigenvalue weighted by molar-refractivity contribution is 6.44. The van der Waals surface area contributed by atoms with Gasteiger partial charge < -0.3 is 10.6 Å². The van der Waals surface area contributed by atoms with Crippen LogP contribution in [0, 0.1) is 5.82 Å². The third-order valence-electron chi connectivity index (χ3n) is 3.48. The van der Waals surface area contributed by atoms with Gasteiger partial charge in [-0.3, -0.25) is 4.79 Å². The lowest BCUT2D eigenvalue weighted by atomic mass is 10.2. The van der Waals surface area contributed by atoms with Gasteiger partial charge in [0.25, 0.3) is 5.91 Å². The van der Waals surface area contributed by atoms with Crippen LogP contribution in [-0.4, -0.2) is 15.9 Å². The van der Waals surface area contributed by atoms with Crippen LogP contribution in [0.25, 0.3) is 0 Å². The fraction of sp³-hybridized carbons (Fsp3) is 0.0556. The third-order valence-corrected chi connectivity index (χ3v) is 4.30. The van der Waals surface area contributed by atoms with Gasteiger partial charge in [-0.2, -0.15) is 0 Å². The van der Waals surface area contributed by atoms with Crippen molar-refractivity contribution >= 4 is 40.7 Å². The smallest absolute Gasteiger partial charge is 0.274 e. The molecule has 1 aromatic heterocycles. The number of rotatable bonds is 5. The fourth-order valence-electron chi connectivity index (χ4n) is 2.17. The highest BCUT2D eigenvalue weighted by Crippen LogP contribution is 2.29. The van der Waals surface area contributed by atoms with E-state index in [9.17, 15) is 9.18 Å². The lowest BCUT2D eigenvalue weighted by molar-refractivity contribution is 0.102. The van der Waals surface area contributed by atoms with E-state index in [0.717, 1.165) is 0 Å². The van der Waals surface area contributed by atoms with E-state index < -0.39 is 5.91 Å². The van der Waals surface area contributed by atoms with Crippen molar-refractivity contribution in [1.82, 2.24) is 9.97 Å². The number of halogens is 3. The van der Waals surface area contributed by atoms with E-state index in [1.807, 2.05) is 0 Å². The van der Waals surface area contributed by atoms with Gasteiger partial charge in [0.15, 0.2) is 0 Å². The molecule has 0 bridgehead atoms. The molecule has 0 aliphatic carbocycles. The standard InChI is InChI=1S/C18H13Cl2FN4O/c19-12-5-3-7-14(16(12)20)24-17(26)15-8-9-22-18(25-15)23-10-11-4-1-2-6-13(11)21/h1-9H,10H2,(H,24,26)(H,22,23,25). The summed E-state index contributed by atoms with van der Waals surface area (Å²) >= 11 is 12.0. The van der Waals surface area contributed by atoms with Crippen molar-refractivity contribution in [2.24, 2.45) is 0 Å². The lowest BCUT2D eigenvalue weighted by Crippen LogP contribution is -2.15. The predicted molar refractivity (Wildman–Crippen MR) is 100 cm³/mol. The quantitative estimate of drug-likeness (QED) is 0.657. The van der Waals surface area contributed by atoms with Crippen molar-refractivity contribution < 1.29 is 9.18 Å². The molecule has 1 heterocycles. The summed E-state index contributed by atoms with van der Waals surface area (Å²) in [6.07, 6.45) is 1.44. The summed E-state index contributed by atoms with van der Waals surface area (Å²) in [5.41, 5.74) is 0.979. The fourth-order valence-corrected chi connectivity index (χ4v) is 2.52. The zero-order chi connectivity index (χ0) is 18.5. The van der Waals surface area contributed by atoms with Crippen molar-refractivity contribution in [3.63, 3.8) is 0 Å². The van der Waals surface area contributed by atoms with E-state index in [2.05, 4.69) is 20.6 Å². The molecule has 8 heteroatoms. The van der Waals surface area contributed by atoms with Gasteiger partial charge in [0.05, 0.1) is 15.7 Å². The lowest BCUT2D eigenvalue weighted by Gasteiger charge is -2.09. The summed E-state index contributed by atoms with van der Waals surface area (Å²) in [5, 5.41) is 6.11. The molecule has 0 saturated carbocycles. The Kier molecular flexibility index (Phi) is 5.65. The van der Waals surface area contributed by atoms with Gasteiger partial charge >= 0.3 is 0 Å². The minimum Gasteiger partial charge on any atom is -0.350 e. The number of carbonyl (C=O) groups excluding carboxylic acids is 1. The van der Waals surface area contributed by atoms with Crippen LogP contribution in [0.15, 0.2) is 54.7 Å². The van der Waals surface area contributed by atoms with Gasteiger partial charge in [-0.15, -0.1) is 0 Å². The summed E-state index contributed by atoms with van der Waals surface area (Å²) in [5.74, 6) is -0.590. The molecule has 0 radical (unpaired) electrons. The Labute approximate surface area is 159 Å². The van der Waals surface area contributed by atoms with Crippen LogP contribution in [-0.2, 0) is 6.54 Å². The molecule has 132 valence electrons. The average molecular weight is 391 g/mol. The number of hydrogen-bond donors (Lipinski definition) is 2. The molecule has 3 aromatic rings. The van der Waals surface area contributed by atoms with E-state index in [0.29, 0.717) is 16.3 Å². The second kappa shape index (κ2) is 8.12. The minimum absolute atomic E-state index is 0.132. The Hall–Kier alpha value is -2.70. The minimum atomic E-state index is -0.467. The van der Waals surface area contributed by atoms with E-state index in [-0.39, 0.29) is 29.0 Å². The zero-order valence-corrected chi connectivity index (χ0v) is 14.9. The largest absolute Gasteiger partial charge is 0.350 e. The number of nitrogens with one attached hydrogen (secondary N) is 2. The molecule has 0 saturated heterocycles. The van der Waals surface area contributed by atoms with Crippen LogP contribution in [0.1, 0.15) is 16.1 Å². The van der Waals surface area contributed by atoms with Crippen molar-refractivity contribution in [3.8, 4) is 0 Å². The number of carbonyl (C=O) groups is 1. The van der Waals surface area contributed by atoms with Crippen molar-refractivity contribution in [1.29, 1.82) is 0 Å². The Morgan fingerprint density at radius 3 is 2.69 bits per heavy atom. The van der Waals surface area contributed by atoms with E-state index in [1.165, 1.54) is 18.3 Å². The molecule has 0 fully saturated rings. The normalized spacial score (nSPS) is 10.4. The number of nitrogens with zero attached hydrogens (tertiary/aromatic N) is 2. The Bertz CT molecular complexity index is 952. The first-order valence-corrected chi connectivity index (χ1v) is 8.36. The second-order valence-corrected chi connectivity index (χ2v) is 6.05. The maximum Gasteiger partial charge on any atom is 0.274 e. The molecule has 0 aliphatic rings. The monoisotopic (exact) mass is 390 g/mol. The van der Waals surface area contributed by atoms with Crippen LogP contribution in [0.2, 0.25) is 10.0 Å². The van der Waals surface area contributed by atoms with Crippen LogP contribution in [0.3, 0.4) is 0 Å². The van der Waals surface area contributed by atoms with Crippen LogP contribution >= 0.6 is 23.2 Å². The molecule has 0 aliphatic heterocycles. The Morgan fingerprint density at radius 2 is 1.88 bits per heavy atom. The molecule has 3 rings (SSSR count). The number of amides is 1. The molecule has 2 N–H and O–H groups in total. The molecular formula is C18H13Cl2FN4O. The summed E-state index contributed by atoms with van der Waals surface area (Å²) in [7, 11) is 0. The van der Waals surface area contributed by atoms with Gasteiger partial charge in [-0.05, 0) is 24.3 Å². The topological polar surface area (TPSA) is 66.9 Å². The van der Waals surface area contributed by atoms with Crippen LogP contribution in [0.4, 0.5) is 16.0 Å². The van der Waals surface area contributed by atoms with Crippen molar-refractivity contribution in [2.75, 3.05) is 10.6 Å². The van der Waals surface area contributed by atoms with Gasteiger partial charge in [0, 0.05) is 18.3 Å². The highest BCUT2D eigenvalue weighted by atomic mass is 35.5. The second-order valence-electron chi connectivity index (χ2n) is 5.27. The average Bonchev–Trinajstić information content (AvgIpc) is 2.65. The number of benzene rings is 2. The molecule has 0 spiro atoms. The summed E-state index contributed by atoms with van der Waals surface area (Å²) in [6, 6.07) is 12.8. The molecule has 0 atom stereocenters. The van der Waals surface area contributed by atoms with Gasteiger partial charge in [0.1, 0.15) is 11.5 Å². The third kappa shape index (κ3) is 4.28. The molecular weight excluding hydrogens is 378 g/mol. The molecule has 5 nitrogen and oxygen atoms in total. The SMILES string of the molecule is O=C(Nc1cccc(Cl)c1Cl)c1ccnc(NCc2ccccc2F)n1. The van der Waals surface area contributed by atoms with Crippen molar-refractivity contribution in [3.05, 3.63) is 81.8 Å². The summed E-state index contributed by atoms with van der Waals surface area (Å²) < 4.78 is 13.6. The van der Waals surface area contributed by atoms with Crippen LogP contribution < -0.4 is 10.6 Å². The molecule has 1 amide bonds. The summed E-state index contributed by atoms with van der Waals surface area (Å²) in [4.78, 5) is 20.5. The maximum absolute atomic E-state index is 13.6. The van der Waals surface area contributed by atoms with Gasteiger partial charge in [0.2, 0.25) is 5.95 Å². The first kappa shape index (κ1) is 18.1. The van der Waals surface area contributed by atoms with Gasteiger partial charge in [-0.25, -0.2) is 14.4 Å². The summed E-state index contributed by atoms with van der Waals surface area (Å²) in [6.45, 7) is 0.192. The Balaban J connectivity index is 1.71. The van der Waals surface area contributed by atoms with Gasteiger partial charge in [-0.1, -0.05) is 47.5 Å². The molecule has 26 heavy (non-hydrogen) atoms. The van der Waals surface area contributed by atoms with Crippen LogP contribution in [0.5, 0.6) is 0 Å².